The molecule has 1 aliphatic rings. The number of phenols is 1. The van der Waals surface area contributed by atoms with Crippen molar-refractivity contribution in [2.45, 2.75) is 32.7 Å². The number of benzene rings is 1. The number of hydrogen-bond acceptors (Lipinski definition) is 5. The molecule has 7 heteroatoms. The molecule has 0 bridgehead atoms. The minimum atomic E-state index is -0.572. The van der Waals surface area contributed by atoms with Crippen molar-refractivity contribution in [2.24, 2.45) is 5.41 Å². The molecule has 1 aromatic rings. The summed E-state index contributed by atoms with van der Waals surface area (Å²) in [5.74, 6) is -0.488. The average Bonchev–Trinajstić information content (AvgIpc) is 2.40. The smallest absolute Gasteiger partial charge is 0.271 e. The Labute approximate surface area is 122 Å². The number of rotatable bonds is 3. The van der Waals surface area contributed by atoms with Gasteiger partial charge < -0.3 is 15.7 Å². The minimum Gasteiger partial charge on any atom is -0.506 e. The highest BCUT2D eigenvalue weighted by atomic mass is 16.6. The van der Waals surface area contributed by atoms with Crippen LogP contribution < -0.4 is 10.6 Å². The highest BCUT2D eigenvalue weighted by Crippen LogP contribution is 2.32. The molecular weight excluding hydrogens is 274 g/mol. The van der Waals surface area contributed by atoms with Crippen molar-refractivity contribution < 1.29 is 14.8 Å². The zero-order chi connectivity index (χ0) is 15.6. The normalized spacial score (nSPS) is 20.8. The molecule has 1 heterocycles. The number of nitro benzene ring substituents is 1. The fourth-order valence-corrected chi connectivity index (χ4v) is 2.60. The summed E-state index contributed by atoms with van der Waals surface area (Å²) in [5, 5.41) is 26.2. The topological polar surface area (TPSA) is 104 Å². The number of aromatic hydroxyl groups is 1. The molecule has 2 rings (SSSR count). The number of nitrogens with zero attached hydrogens (tertiary/aromatic N) is 1. The Morgan fingerprint density at radius 1 is 1.52 bits per heavy atom. The van der Waals surface area contributed by atoms with Crippen LogP contribution in [0.25, 0.3) is 0 Å². The third kappa shape index (κ3) is 3.30. The second kappa shape index (κ2) is 5.69. The highest BCUT2D eigenvalue weighted by molar-refractivity contribution is 5.97. The van der Waals surface area contributed by atoms with Gasteiger partial charge in [-0.1, -0.05) is 13.8 Å². The van der Waals surface area contributed by atoms with Gasteiger partial charge in [-0.15, -0.1) is 0 Å². The lowest BCUT2D eigenvalue weighted by Gasteiger charge is -2.38. The van der Waals surface area contributed by atoms with Crippen LogP contribution in [0, 0.1) is 15.5 Å². The Hall–Kier alpha value is -2.15. The molecule has 0 radical (unpaired) electrons. The molecule has 1 aliphatic heterocycles. The predicted molar refractivity (Wildman–Crippen MR) is 78.2 cm³/mol. The highest BCUT2D eigenvalue weighted by Gasteiger charge is 2.37. The first-order chi connectivity index (χ1) is 9.81. The number of non-ortho nitro benzene ring substituents is 1. The number of hydrogen-bond donors (Lipinski definition) is 3. The lowest BCUT2D eigenvalue weighted by molar-refractivity contribution is -0.384. The average molecular weight is 293 g/mol. The van der Waals surface area contributed by atoms with Crippen molar-refractivity contribution >= 4 is 17.3 Å². The van der Waals surface area contributed by atoms with Crippen LogP contribution in [0.3, 0.4) is 0 Å². The van der Waals surface area contributed by atoms with E-state index in [1.54, 1.807) is 0 Å². The first kappa shape index (κ1) is 15.2. The Bertz CT molecular complexity index is 571. The van der Waals surface area contributed by atoms with E-state index in [1.165, 1.54) is 12.1 Å². The lowest BCUT2D eigenvalue weighted by Crippen LogP contribution is -2.53. The third-order valence-electron chi connectivity index (χ3n) is 3.84. The number of nitro groups is 1. The van der Waals surface area contributed by atoms with Gasteiger partial charge in [0.2, 0.25) is 5.91 Å². The molecule has 0 saturated carbocycles. The van der Waals surface area contributed by atoms with E-state index in [-0.39, 0.29) is 28.4 Å². The van der Waals surface area contributed by atoms with Crippen LogP contribution in [0.4, 0.5) is 11.4 Å². The van der Waals surface area contributed by atoms with E-state index in [0.29, 0.717) is 0 Å². The van der Waals surface area contributed by atoms with Gasteiger partial charge in [-0.05, 0) is 30.9 Å². The molecule has 1 aromatic carbocycles. The van der Waals surface area contributed by atoms with Gasteiger partial charge in [0, 0.05) is 12.1 Å². The molecule has 0 aromatic heterocycles. The monoisotopic (exact) mass is 293 g/mol. The maximum atomic E-state index is 12.4. The van der Waals surface area contributed by atoms with Crippen molar-refractivity contribution in [3.63, 3.8) is 0 Å². The van der Waals surface area contributed by atoms with Crippen molar-refractivity contribution in [1.29, 1.82) is 0 Å². The number of carbonyl (C=O) groups is 1. The molecule has 1 fully saturated rings. The minimum absolute atomic E-state index is 0.0531. The first-order valence-corrected chi connectivity index (χ1v) is 6.83. The van der Waals surface area contributed by atoms with Crippen LogP contribution in [0.2, 0.25) is 0 Å². The summed E-state index contributed by atoms with van der Waals surface area (Å²) < 4.78 is 0. The number of carbonyl (C=O) groups excluding carboxylic acids is 1. The maximum Gasteiger partial charge on any atom is 0.271 e. The van der Waals surface area contributed by atoms with E-state index in [2.05, 4.69) is 10.6 Å². The van der Waals surface area contributed by atoms with Gasteiger partial charge in [0.25, 0.3) is 5.69 Å². The number of anilines is 1. The van der Waals surface area contributed by atoms with E-state index < -0.39 is 11.0 Å². The van der Waals surface area contributed by atoms with E-state index in [1.807, 2.05) is 13.8 Å². The molecule has 1 unspecified atom stereocenters. The van der Waals surface area contributed by atoms with Crippen LogP contribution in [-0.2, 0) is 4.79 Å². The first-order valence-electron chi connectivity index (χ1n) is 6.83. The fraction of sp³-hybridized carbons (Fsp3) is 0.500. The predicted octanol–water partition coefficient (Wildman–Crippen LogP) is 2.02. The van der Waals surface area contributed by atoms with Gasteiger partial charge in [0.05, 0.1) is 16.7 Å². The summed E-state index contributed by atoms with van der Waals surface area (Å²) in [6.45, 7) is 4.75. The second-order valence-electron chi connectivity index (χ2n) is 5.93. The van der Waals surface area contributed by atoms with Crippen molar-refractivity contribution in [3.05, 3.63) is 28.3 Å². The Morgan fingerprint density at radius 3 is 2.86 bits per heavy atom. The molecule has 3 N–H and O–H groups in total. The van der Waals surface area contributed by atoms with Gasteiger partial charge in [-0.3, -0.25) is 14.9 Å². The quantitative estimate of drug-likeness (QED) is 0.449. The molecule has 7 nitrogen and oxygen atoms in total. The summed E-state index contributed by atoms with van der Waals surface area (Å²) >= 11 is 0. The van der Waals surface area contributed by atoms with Gasteiger partial charge in [0.1, 0.15) is 5.75 Å². The zero-order valence-corrected chi connectivity index (χ0v) is 12.0. The van der Waals surface area contributed by atoms with Gasteiger partial charge in [-0.2, -0.15) is 0 Å². The molecular formula is C14H19N3O4. The molecule has 114 valence electrons. The molecule has 1 amide bonds. The van der Waals surface area contributed by atoms with Gasteiger partial charge in [-0.25, -0.2) is 0 Å². The zero-order valence-electron chi connectivity index (χ0n) is 12.0. The fourth-order valence-electron chi connectivity index (χ4n) is 2.60. The summed E-state index contributed by atoms with van der Waals surface area (Å²) in [4.78, 5) is 22.5. The van der Waals surface area contributed by atoms with Crippen molar-refractivity contribution in [3.8, 4) is 5.75 Å². The van der Waals surface area contributed by atoms with Crippen LogP contribution in [0.5, 0.6) is 5.75 Å². The van der Waals surface area contributed by atoms with Crippen LogP contribution in [0.1, 0.15) is 26.7 Å². The van der Waals surface area contributed by atoms with Crippen molar-refractivity contribution in [1.82, 2.24) is 5.32 Å². The summed E-state index contributed by atoms with van der Waals surface area (Å²) in [5.41, 5.74) is -0.338. The van der Waals surface area contributed by atoms with E-state index in [9.17, 15) is 20.0 Å². The number of amides is 1. The van der Waals surface area contributed by atoms with Gasteiger partial charge >= 0.3 is 0 Å². The summed E-state index contributed by atoms with van der Waals surface area (Å²) in [7, 11) is 0. The summed E-state index contributed by atoms with van der Waals surface area (Å²) in [6, 6.07) is 3.15. The molecule has 1 atom stereocenters. The van der Waals surface area contributed by atoms with Crippen LogP contribution in [0.15, 0.2) is 18.2 Å². The van der Waals surface area contributed by atoms with Crippen LogP contribution in [-0.4, -0.2) is 28.5 Å². The Balaban J connectivity index is 2.19. The number of phenolic OH excluding ortho intramolecular Hbond substituents is 1. The molecule has 0 spiro atoms. The SMILES string of the molecule is CC1(C)CCCNC1C(=O)Nc1cc([N+](=O)[O-])ccc1O. The largest absolute Gasteiger partial charge is 0.506 e. The molecule has 1 saturated heterocycles. The standard InChI is InChI=1S/C14H19N3O4/c1-14(2)6-3-7-15-12(14)13(19)16-10-8-9(17(20)21)4-5-11(10)18/h4-5,8,12,15,18H,3,6-7H2,1-2H3,(H,16,19). The molecule has 0 aliphatic carbocycles. The maximum absolute atomic E-state index is 12.4. The summed E-state index contributed by atoms with van der Waals surface area (Å²) in [6.07, 6.45) is 1.91. The van der Waals surface area contributed by atoms with Gasteiger partial charge in [0.15, 0.2) is 0 Å². The Morgan fingerprint density at radius 2 is 2.24 bits per heavy atom. The lowest BCUT2D eigenvalue weighted by atomic mass is 9.77. The van der Waals surface area contributed by atoms with E-state index in [4.69, 9.17) is 0 Å². The van der Waals surface area contributed by atoms with E-state index >= 15 is 0 Å². The van der Waals surface area contributed by atoms with Crippen molar-refractivity contribution in [2.75, 3.05) is 11.9 Å². The number of nitrogens with one attached hydrogen (secondary N) is 2. The second-order valence-corrected chi connectivity index (χ2v) is 5.93. The van der Waals surface area contributed by atoms with E-state index in [0.717, 1.165) is 25.5 Å². The van der Waals surface area contributed by atoms with Crippen LogP contribution >= 0.6 is 0 Å². The third-order valence-corrected chi connectivity index (χ3v) is 3.84. The Kier molecular flexibility index (Phi) is 4.13. The number of piperidine rings is 1. The molecule has 21 heavy (non-hydrogen) atoms.